The van der Waals surface area contributed by atoms with Gasteiger partial charge in [-0.05, 0) is 54.9 Å². The number of hydrogen-bond acceptors (Lipinski definition) is 5. The fourth-order valence-corrected chi connectivity index (χ4v) is 4.52. The summed E-state index contributed by atoms with van der Waals surface area (Å²) in [6.07, 6.45) is 7.47. The SMILES string of the molecule is CS(=O)(=O)c1ccc(C(Cc2cc3nccnc3[nH]2)C2CCOCC2)cc1. The Kier molecular flexibility index (Phi) is 4.97. The van der Waals surface area contributed by atoms with Crippen molar-refractivity contribution in [1.82, 2.24) is 15.0 Å². The average Bonchev–Trinajstić information content (AvgIpc) is 3.09. The lowest BCUT2D eigenvalue weighted by molar-refractivity contribution is 0.0576. The number of nitrogens with zero attached hydrogens (tertiary/aromatic N) is 2. The lowest BCUT2D eigenvalue weighted by atomic mass is 9.78. The van der Waals surface area contributed by atoms with Crippen LogP contribution < -0.4 is 0 Å². The summed E-state index contributed by atoms with van der Waals surface area (Å²) in [5.74, 6) is 0.783. The minimum absolute atomic E-state index is 0.288. The Labute approximate surface area is 158 Å². The smallest absolute Gasteiger partial charge is 0.175 e. The van der Waals surface area contributed by atoms with E-state index in [9.17, 15) is 8.42 Å². The molecule has 0 bridgehead atoms. The molecule has 4 rings (SSSR count). The molecule has 1 unspecified atom stereocenters. The maximum absolute atomic E-state index is 11.8. The van der Waals surface area contributed by atoms with Crippen molar-refractivity contribution in [2.24, 2.45) is 5.92 Å². The zero-order valence-electron chi connectivity index (χ0n) is 15.3. The van der Waals surface area contributed by atoms with Gasteiger partial charge in [0.1, 0.15) is 5.52 Å². The summed E-state index contributed by atoms with van der Waals surface area (Å²) in [6, 6.07) is 9.39. The van der Waals surface area contributed by atoms with Gasteiger partial charge in [0.2, 0.25) is 0 Å². The lowest BCUT2D eigenvalue weighted by Crippen LogP contribution is -2.23. The Morgan fingerprint density at radius 3 is 2.52 bits per heavy atom. The predicted octanol–water partition coefficient (Wildman–Crippen LogP) is 3.11. The second kappa shape index (κ2) is 7.40. The van der Waals surface area contributed by atoms with E-state index < -0.39 is 9.84 Å². The van der Waals surface area contributed by atoms with Crippen molar-refractivity contribution in [2.75, 3.05) is 19.5 Å². The second-order valence-corrected chi connectivity index (χ2v) is 9.20. The van der Waals surface area contributed by atoms with Crippen LogP contribution in [-0.2, 0) is 21.0 Å². The van der Waals surface area contributed by atoms with Crippen molar-refractivity contribution in [1.29, 1.82) is 0 Å². The first-order valence-electron chi connectivity index (χ1n) is 9.17. The Bertz CT molecular complexity index is 989. The van der Waals surface area contributed by atoms with E-state index in [0.29, 0.717) is 10.8 Å². The number of rotatable bonds is 5. The third-order valence-corrected chi connectivity index (χ3v) is 6.46. The molecular formula is C20H23N3O3S. The average molecular weight is 385 g/mol. The summed E-state index contributed by atoms with van der Waals surface area (Å²) in [5, 5.41) is 0. The van der Waals surface area contributed by atoms with Crippen LogP contribution in [0, 0.1) is 5.92 Å². The summed E-state index contributed by atoms with van der Waals surface area (Å²) >= 11 is 0. The quantitative estimate of drug-likeness (QED) is 0.729. The van der Waals surface area contributed by atoms with E-state index in [2.05, 4.69) is 21.0 Å². The van der Waals surface area contributed by atoms with Crippen LogP contribution in [0.3, 0.4) is 0 Å². The van der Waals surface area contributed by atoms with Crippen LogP contribution in [0.4, 0.5) is 0 Å². The number of hydrogen-bond donors (Lipinski definition) is 1. The molecule has 1 atom stereocenters. The Morgan fingerprint density at radius 1 is 1.15 bits per heavy atom. The van der Waals surface area contributed by atoms with E-state index in [0.717, 1.165) is 54.9 Å². The predicted molar refractivity (Wildman–Crippen MR) is 103 cm³/mol. The molecule has 0 saturated carbocycles. The van der Waals surface area contributed by atoms with Crippen molar-refractivity contribution < 1.29 is 13.2 Å². The number of fused-ring (bicyclic) bond motifs is 1. The van der Waals surface area contributed by atoms with Crippen LogP contribution in [0.25, 0.3) is 11.2 Å². The first-order chi connectivity index (χ1) is 13.0. The first-order valence-corrected chi connectivity index (χ1v) is 11.1. The summed E-state index contributed by atoms with van der Waals surface area (Å²) in [4.78, 5) is 12.4. The van der Waals surface area contributed by atoms with Gasteiger partial charge in [-0.15, -0.1) is 0 Å². The van der Waals surface area contributed by atoms with Gasteiger partial charge in [-0.1, -0.05) is 12.1 Å². The molecule has 6 nitrogen and oxygen atoms in total. The molecule has 27 heavy (non-hydrogen) atoms. The van der Waals surface area contributed by atoms with Gasteiger partial charge in [0.25, 0.3) is 0 Å². The fraction of sp³-hybridized carbons (Fsp3) is 0.400. The minimum atomic E-state index is -3.19. The zero-order valence-corrected chi connectivity index (χ0v) is 16.1. The van der Waals surface area contributed by atoms with Crippen LogP contribution in [0.1, 0.15) is 30.0 Å². The monoisotopic (exact) mass is 385 g/mol. The highest BCUT2D eigenvalue weighted by molar-refractivity contribution is 7.90. The number of nitrogens with one attached hydrogen (secondary N) is 1. The van der Waals surface area contributed by atoms with Crippen molar-refractivity contribution >= 4 is 21.0 Å². The van der Waals surface area contributed by atoms with Gasteiger partial charge in [-0.25, -0.2) is 13.4 Å². The Balaban J connectivity index is 1.66. The van der Waals surface area contributed by atoms with E-state index >= 15 is 0 Å². The van der Waals surface area contributed by atoms with Crippen molar-refractivity contribution in [2.45, 2.75) is 30.1 Å². The minimum Gasteiger partial charge on any atom is -0.381 e. The molecule has 1 saturated heterocycles. The molecule has 3 aromatic rings. The number of ether oxygens (including phenoxy) is 1. The van der Waals surface area contributed by atoms with Gasteiger partial charge in [0.05, 0.1) is 4.90 Å². The number of benzene rings is 1. The molecule has 2 aromatic heterocycles. The molecule has 1 N–H and O–H groups in total. The molecule has 1 aliphatic heterocycles. The van der Waals surface area contributed by atoms with Gasteiger partial charge < -0.3 is 9.72 Å². The van der Waals surface area contributed by atoms with Crippen molar-refractivity contribution in [3.05, 3.63) is 54.0 Å². The van der Waals surface area contributed by atoms with Crippen molar-refractivity contribution in [3.8, 4) is 0 Å². The molecule has 0 spiro atoms. The highest BCUT2D eigenvalue weighted by Gasteiger charge is 2.26. The van der Waals surface area contributed by atoms with Crippen LogP contribution in [0.5, 0.6) is 0 Å². The topological polar surface area (TPSA) is 84.9 Å². The van der Waals surface area contributed by atoms with Gasteiger partial charge in [-0.2, -0.15) is 0 Å². The van der Waals surface area contributed by atoms with Crippen LogP contribution in [-0.4, -0.2) is 42.8 Å². The van der Waals surface area contributed by atoms with E-state index in [1.54, 1.807) is 24.5 Å². The van der Waals surface area contributed by atoms with Gasteiger partial charge in [-0.3, -0.25) is 4.98 Å². The molecule has 1 aliphatic rings. The largest absolute Gasteiger partial charge is 0.381 e. The van der Waals surface area contributed by atoms with E-state index in [-0.39, 0.29) is 5.92 Å². The molecule has 0 aliphatic carbocycles. The number of aromatic nitrogens is 3. The molecule has 1 aromatic carbocycles. The maximum Gasteiger partial charge on any atom is 0.175 e. The van der Waals surface area contributed by atoms with Gasteiger partial charge in [0.15, 0.2) is 15.5 Å². The number of aromatic amines is 1. The van der Waals surface area contributed by atoms with Crippen LogP contribution >= 0.6 is 0 Å². The molecule has 0 radical (unpaired) electrons. The van der Waals surface area contributed by atoms with Crippen molar-refractivity contribution in [3.63, 3.8) is 0 Å². The molecule has 7 heteroatoms. The Hall–Kier alpha value is -2.25. The standard InChI is InChI=1S/C20H23N3O3S/c1-27(24,25)17-4-2-14(3-5-17)18(15-6-10-26-11-7-15)12-16-13-19-20(23-16)22-9-8-21-19/h2-5,8-9,13,15,18H,6-7,10-12H2,1H3,(H,22,23). The van der Waals surface area contributed by atoms with Crippen LogP contribution in [0.2, 0.25) is 0 Å². The molecular weight excluding hydrogens is 362 g/mol. The molecule has 3 heterocycles. The summed E-state index contributed by atoms with van der Waals surface area (Å²) in [5.41, 5.74) is 3.92. The fourth-order valence-electron chi connectivity index (χ4n) is 3.89. The van der Waals surface area contributed by atoms with Crippen LogP contribution in [0.15, 0.2) is 47.6 Å². The maximum atomic E-state index is 11.8. The van der Waals surface area contributed by atoms with E-state index in [4.69, 9.17) is 4.74 Å². The third kappa shape index (κ3) is 4.04. The third-order valence-electron chi connectivity index (χ3n) is 5.33. The summed E-state index contributed by atoms with van der Waals surface area (Å²) < 4.78 is 29.1. The summed E-state index contributed by atoms with van der Waals surface area (Å²) in [7, 11) is -3.19. The molecule has 1 fully saturated rings. The second-order valence-electron chi connectivity index (χ2n) is 7.19. The van der Waals surface area contributed by atoms with Gasteiger partial charge in [0, 0.05) is 37.6 Å². The number of sulfone groups is 1. The summed E-state index contributed by atoms with van der Waals surface area (Å²) in [6.45, 7) is 1.55. The van der Waals surface area contributed by atoms with Gasteiger partial charge >= 0.3 is 0 Å². The van der Waals surface area contributed by atoms with E-state index in [1.807, 2.05) is 12.1 Å². The highest BCUT2D eigenvalue weighted by atomic mass is 32.2. The van der Waals surface area contributed by atoms with E-state index in [1.165, 1.54) is 6.26 Å². The molecule has 142 valence electrons. The Morgan fingerprint density at radius 2 is 1.85 bits per heavy atom. The number of H-pyrrole nitrogens is 1. The molecule has 0 amide bonds. The lowest BCUT2D eigenvalue weighted by Gasteiger charge is -2.30. The highest BCUT2D eigenvalue weighted by Crippen LogP contribution is 2.35. The first kappa shape index (κ1) is 18.1. The normalized spacial score (nSPS) is 17.2. The zero-order chi connectivity index (χ0) is 18.9.